The second kappa shape index (κ2) is 13.5. The van der Waals surface area contributed by atoms with Crippen LogP contribution in [0.15, 0.2) is 0 Å². The Balaban J connectivity index is 0.00000544. The Bertz CT molecular complexity index is 858. The van der Waals surface area contributed by atoms with Gasteiger partial charge in [0.05, 0.1) is 18.8 Å². The Morgan fingerprint density at radius 2 is 1.24 bits per heavy atom. The van der Waals surface area contributed by atoms with Gasteiger partial charge in [0.25, 0.3) is 15.6 Å². The molecule has 0 aromatic heterocycles. The maximum absolute atomic E-state index is 11.7. The van der Waals surface area contributed by atoms with E-state index in [1.54, 1.807) is 0 Å². The number of ether oxygens (including phenoxy) is 2. The van der Waals surface area contributed by atoms with Gasteiger partial charge in [-0.3, -0.25) is 18.2 Å². The Hall–Kier alpha value is 1.49. The molecule has 0 bridgehead atoms. The summed E-state index contributed by atoms with van der Waals surface area (Å²) in [6.45, 7) is 0.299. The molecular formula is C9H16O19P4V2-4. The van der Waals surface area contributed by atoms with Crippen LogP contribution in [0.4, 0.5) is 0 Å². The number of phosphoric acid groups is 4. The predicted molar refractivity (Wildman–Crippen MR) is 87.5 cm³/mol. The van der Waals surface area contributed by atoms with Gasteiger partial charge in [-0.25, -0.2) is 22.1 Å². The molecule has 25 heteroatoms. The van der Waals surface area contributed by atoms with Gasteiger partial charge in [0, 0.05) is 37.1 Å². The van der Waals surface area contributed by atoms with Crippen molar-refractivity contribution in [1.29, 1.82) is 0 Å². The van der Waals surface area contributed by atoms with Crippen molar-refractivity contribution in [3.05, 3.63) is 13.2 Å². The van der Waals surface area contributed by atoms with E-state index < -0.39 is 74.7 Å². The third kappa shape index (κ3) is 11.1. The Kier molecular flexibility index (Phi) is 14.1. The first-order valence-corrected chi connectivity index (χ1v) is 13.8. The minimum absolute atomic E-state index is 0. The van der Waals surface area contributed by atoms with Crippen molar-refractivity contribution in [2.75, 3.05) is 6.61 Å². The van der Waals surface area contributed by atoms with E-state index in [1.165, 1.54) is 0 Å². The second-order valence-corrected chi connectivity index (χ2v) is 12.0. The van der Waals surface area contributed by atoms with E-state index >= 15 is 0 Å². The molecule has 2 heterocycles. The molecule has 0 spiro atoms. The molecule has 0 aromatic carbocycles. The molecule has 7 unspecified atom stereocenters. The van der Waals surface area contributed by atoms with E-state index in [2.05, 4.69) is 31.5 Å². The van der Waals surface area contributed by atoms with E-state index in [0.717, 1.165) is 6.61 Å². The van der Waals surface area contributed by atoms with Crippen molar-refractivity contribution in [1.82, 2.24) is 0 Å². The van der Waals surface area contributed by atoms with E-state index in [1.807, 2.05) is 0 Å². The predicted octanol–water partition coefficient (Wildman–Crippen LogP) is -3.28. The number of rotatable bonds is 11. The molecule has 0 amide bonds. The largest absolute Gasteiger partial charge is 0.756 e. The van der Waals surface area contributed by atoms with Crippen molar-refractivity contribution in [2.45, 2.75) is 36.8 Å². The summed E-state index contributed by atoms with van der Waals surface area (Å²) in [7, 11) is -24.1. The van der Waals surface area contributed by atoms with Crippen LogP contribution >= 0.6 is 31.3 Å². The summed E-state index contributed by atoms with van der Waals surface area (Å²) in [5, 5.41) is 37.1. The molecule has 0 aromatic rings. The van der Waals surface area contributed by atoms with Crippen LogP contribution in [0.3, 0.4) is 0 Å². The second-order valence-electron chi connectivity index (χ2n) is 5.89. The average Bonchev–Trinajstić information content (AvgIpc) is 3.06. The minimum atomic E-state index is -6.36. The standard InChI is InChI=1S/C9H18O19P4.2V/c10-4-1-22-6(7(4)12)3-24-29(14,15)26-31(18,19)28-32(20,21)27-30(16,17)25-9-8(13)5(11)2-23-9;;/h1-2,4-13H,3H2,(H,14,15)(H,16,17)(H,18,19)(H,20,21);;/q-2;;/p-2/t4?,5?,6-,7-,8?,9-;;/m1../s1. The summed E-state index contributed by atoms with van der Waals surface area (Å²) in [4.78, 5) is 41.8. The number of hydrogen-bond acceptors (Lipinski definition) is 17. The van der Waals surface area contributed by atoms with E-state index in [9.17, 15) is 53.2 Å². The molecule has 2 aliphatic rings. The van der Waals surface area contributed by atoms with Gasteiger partial charge < -0.3 is 49.5 Å². The SMILES string of the molecule is O=P([O-])(OP(=O)([O-])OP(=O)(O)O[C@H]1O[CH-]C(O)C1O)OP(=O)(O)OC[C@H]1O[CH-]C(O)[C@H]1O.[V].[V]. The molecule has 200 valence electrons. The van der Waals surface area contributed by atoms with Crippen LogP contribution in [0, 0.1) is 13.2 Å². The molecule has 2 radical (unpaired) electrons. The van der Waals surface area contributed by atoms with Gasteiger partial charge in [0.1, 0.15) is 6.10 Å². The first kappa shape index (κ1) is 35.5. The first-order chi connectivity index (χ1) is 14.4. The quantitative estimate of drug-likeness (QED) is 0.0940. The van der Waals surface area contributed by atoms with Crippen LogP contribution in [-0.4, -0.2) is 73.6 Å². The molecule has 2 aliphatic heterocycles. The van der Waals surface area contributed by atoms with Crippen LogP contribution in [0.1, 0.15) is 0 Å². The minimum Gasteiger partial charge on any atom is -0.756 e. The molecule has 19 nitrogen and oxygen atoms in total. The van der Waals surface area contributed by atoms with E-state index in [4.69, 9.17) is 5.11 Å². The fourth-order valence-corrected chi connectivity index (χ4v) is 6.91. The van der Waals surface area contributed by atoms with Gasteiger partial charge in [-0.05, 0) is 12.2 Å². The zero-order valence-corrected chi connectivity index (χ0v) is 22.4. The molecule has 0 aliphatic carbocycles. The molecule has 0 saturated carbocycles. The van der Waals surface area contributed by atoms with Crippen molar-refractivity contribution >= 4 is 31.3 Å². The van der Waals surface area contributed by atoms with Gasteiger partial charge >= 0.3 is 15.6 Å². The molecule has 10 atom stereocenters. The summed E-state index contributed by atoms with van der Waals surface area (Å²) >= 11 is 0. The van der Waals surface area contributed by atoms with E-state index in [-0.39, 0.29) is 37.1 Å². The maximum atomic E-state index is 11.7. The summed E-state index contributed by atoms with van der Waals surface area (Å²) in [6, 6.07) is 0. The first-order valence-electron chi connectivity index (χ1n) is 7.86. The van der Waals surface area contributed by atoms with Gasteiger partial charge in [-0.15, -0.1) is 0 Å². The normalized spacial score (nSPS) is 36.2. The van der Waals surface area contributed by atoms with Crippen molar-refractivity contribution in [3.8, 4) is 0 Å². The Morgan fingerprint density at radius 1 is 0.765 bits per heavy atom. The van der Waals surface area contributed by atoms with Crippen LogP contribution in [0.25, 0.3) is 0 Å². The number of aliphatic hydroxyl groups excluding tert-OH is 4. The van der Waals surface area contributed by atoms with E-state index in [0.29, 0.717) is 6.61 Å². The fourth-order valence-electron chi connectivity index (χ4n) is 2.01. The number of aliphatic hydroxyl groups is 4. The Labute approximate surface area is 214 Å². The van der Waals surface area contributed by atoms with Gasteiger partial charge in [0.15, 0.2) is 6.29 Å². The summed E-state index contributed by atoms with van der Waals surface area (Å²) in [6.07, 6.45) is -10.2. The average molecular weight is 654 g/mol. The Morgan fingerprint density at radius 3 is 1.68 bits per heavy atom. The number of phosphoric ester groups is 2. The van der Waals surface area contributed by atoms with Crippen LogP contribution < -0.4 is 9.79 Å². The topological polar surface area (TPSA) is 300 Å². The summed E-state index contributed by atoms with van der Waals surface area (Å²) < 4.78 is 74.3. The number of hydrogen-bond donors (Lipinski definition) is 6. The van der Waals surface area contributed by atoms with Gasteiger partial charge in [0.2, 0.25) is 0 Å². The summed E-state index contributed by atoms with van der Waals surface area (Å²) in [5.74, 6) is 0. The van der Waals surface area contributed by atoms with Crippen molar-refractivity contribution in [2.24, 2.45) is 0 Å². The molecule has 2 saturated heterocycles. The maximum Gasteiger partial charge on any atom is 0.481 e. The third-order valence-corrected chi connectivity index (χ3v) is 9.15. The fraction of sp³-hybridized carbons (Fsp3) is 0.778. The smallest absolute Gasteiger partial charge is 0.481 e. The zero-order chi connectivity index (χ0) is 24.5. The van der Waals surface area contributed by atoms with Gasteiger partial charge in [-0.1, -0.05) is 0 Å². The van der Waals surface area contributed by atoms with Crippen LogP contribution in [0.2, 0.25) is 0 Å². The zero-order valence-electron chi connectivity index (χ0n) is 16.0. The molecular weight excluding hydrogens is 638 g/mol. The summed E-state index contributed by atoms with van der Waals surface area (Å²) in [5.41, 5.74) is 0. The molecule has 2 fully saturated rings. The van der Waals surface area contributed by atoms with Crippen molar-refractivity contribution in [3.63, 3.8) is 0 Å². The van der Waals surface area contributed by atoms with Crippen LogP contribution in [0.5, 0.6) is 0 Å². The third-order valence-electron chi connectivity index (χ3n) is 3.35. The molecule has 34 heavy (non-hydrogen) atoms. The van der Waals surface area contributed by atoms with Crippen LogP contribution in [-0.2, 0) is 86.8 Å². The molecule has 2 rings (SSSR count). The van der Waals surface area contributed by atoms with Crippen molar-refractivity contribution < 1.29 is 127 Å². The molecule has 6 N–H and O–H groups in total. The van der Waals surface area contributed by atoms with Gasteiger partial charge in [-0.2, -0.15) is 13.2 Å². The monoisotopic (exact) mass is 654 g/mol.